The van der Waals surface area contributed by atoms with Gasteiger partial charge < -0.3 is 16.4 Å². The summed E-state index contributed by atoms with van der Waals surface area (Å²) in [6, 6.07) is 0. The first kappa shape index (κ1) is 13.5. The van der Waals surface area contributed by atoms with E-state index in [9.17, 15) is 4.79 Å². The summed E-state index contributed by atoms with van der Waals surface area (Å²) in [5.74, 6) is 0.102. The lowest BCUT2D eigenvalue weighted by Crippen LogP contribution is -2.45. The van der Waals surface area contributed by atoms with Gasteiger partial charge in [-0.25, -0.2) is 4.99 Å². The van der Waals surface area contributed by atoms with Gasteiger partial charge in [0.1, 0.15) is 6.54 Å². The molecule has 1 amide bonds. The van der Waals surface area contributed by atoms with Crippen molar-refractivity contribution in [2.75, 3.05) is 13.1 Å². The number of amides is 1. The molecule has 0 aliphatic heterocycles. The minimum atomic E-state index is -0.173. The zero-order valence-corrected chi connectivity index (χ0v) is 9.63. The number of carbonyl (C=O) groups excluding carboxylic acids is 1. The van der Waals surface area contributed by atoms with Gasteiger partial charge in [-0.05, 0) is 20.8 Å². The Kier molecular flexibility index (Phi) is 5.44. The molecule has 5 heteroatoms. The maximum absolute atomic E-state index is 11.1. The van der Waals surface area contributed by atoms with Gasteiger partial charge in [0.25, 0.3) is 0 Å². The van der Waals surface area contributed by atoms with Gasteiger partial charge in [0.15, 0.2) is 5.96 Å². The van der Waals surface area contributed by atoms with Crippen molar-refractivity contribution in [3.8, 4) is 0 Å². The van der Waals surface area contributed by atoms with E-state index in [0.29, 0.717) is 6.54 Å². The number of hydrogen-bond donors (Lipinski definition) is 3. The van der Waals surface area contributed by atoms with Crippen molar-refractivity contribution in [3.63, 3.8) is 0 Å². The van der Waals surface area contributed by atoms with E-state index in [2.05, 4.69) is 22.2 Å². The SMILES string of the molecule is C=CCNC(=O)CN=C(N)NC(C)(C)C. The summed E-state index contributed by atoms with van der Waals surface area (Å²) in [6.45, 7) is 9.86. The minimum Gasteiger partial charge on any atom is -0.370 e. The summed E-state index contributed by atoms with van der Waals surface area (Å²) in [4.78, 5) is 15.0. The predicted molar refractivity (Wildman–Crippen MR) is 62.6 cm³/mol. The van der Waals surface area contributed by atoms with E-state index in [-0.39, 0.29) is 24.0 Å². The lowest BCUT2D eigenvalue weighted by Gasteiger charge is -2.20. The average molecular weight is 212 g/mol. The Morgan fingerprint density at radius 3 is 2.60 bits per heavy atom. The number of aliphatic imine (C=N–C) groups is 1. The highest BCUT2D eigenvalue weighted by molar-refractivity contribution is 5.84. The van der Waals surface area contributed by atoms with Crippen LogP contribution in [0.15, 0.2) is 17.6 Å². The van der Waals surface area contributed by atoms with Crippen LogP contribution >= 0.6 is 0 Å². The van der Waals surface area contributed by atoms with Gasteiger partial charge in [0, 0.05) is 12.1 Å². The molecule has 0 aliphatic rings. The number of carbonyl (C=O) groups is 1. The number of rotatable bonds is 4. The predicted octanol–water partition coefficient (Wildman–Crippen LogP) is -0.00860. The van der Waals surface area contributed by atoms with Crippen molar-refractivity contribution in [1.82, 2.24) is 10.6 Å². The topological polar surface area (TPSA) is 79.5 Å². The first-order chi connectivity index (χ1) is 6.85. The molecule has 0 saturated heterocycles. The molecule has 86 valence electrons. The third-order valence-corrected chi connectivity index (χ3v) is 1.34. The number of nitrogens with one attached hydrogen (secondary N) is 2. The summed E-state index contributed by atoms with van der Waals surface area (Å²) in [5.41, 5.74) is 5.43. The second-order valence-electron chi connectivity index (χ2n) is 4.17. The van der Waals surface area contributed by atoms with Crippen LogP contribution in [0.2, 0.25) is 0 Å². The largest absolute Gasteiger partial charge is 0.370 e. The molecule has 0 saturated carbocycles. The molecule has 0 aromatic carbocycles. The molecule has 0 aromatic rings. The third-order valence-electron chi connectivity index (χ3n) is 1.34. The van der Waals surface area contributed by atoms with E-state index in [0.717, 1.165) is 0 Å². The Morgan fingerprint density at radius 1 is 1.53 bits per heavy atom. The summed E-state index contributed by atoms with van der Waals surface area (Å²) < 4.78 is 0. The third kappa shape index (κ3) is 8.80. The van der Waals surface area contributed by atoms with Crippen molar-refractivity contribution in [2.24, 2.45) is 10.7 Å². The van der Waals surface area contributed by atoms with Crippen molar-refractivity contribution in [1.29, 1.82) is 0 Å². The maximum atomic E-state index is 11.1. The van der Waals surface area contributed by atoms with Gasteiger partial charge in [-0.15, -0.1) is 6.58 Å². The fourth-order valence-corrected chi connectivity index (χ4v) is 0.823. The number of hydrogen-bond acceptors (Lipinski definition) is 2. The molecule has 0 spiro atoms. The van der Waals surface area contributed by atoms with Crippen LogP contribution in [0.25, 0.3) is 0 Å². The van der Waals surface area contributed by atoms with E-state index < -0.39 is 0 Å². The van der Waals surface area contributed by atoms with Gasteiger partial charge in [-0.1, -0.05) is 6.08 Å². The minimum absolute atomic E-state index is 0.0305. The summed E-state index contributed by atoms with van der Waals surface area (Å²) >= 11 is 0. The van der Waals surface area contributed by atoms with Crippen molar-refractivity contribution < 1.29 is 4.79 Å². The van der Waals surface area contributed by atoms with Crippen LogP contribution in [0.4, 0.5) is 0 Å². The normalized spacial score (nSPS) is 12.1. The Hall–Kier alpha value is -1.52. The average Bonchev–Trinajstić information content (AvgIpc) is 2.08. The molecular weight excluding hydrogens is 192 g/mol. The van der Waals surface area contributed by atoms with E-state index in [1.165, 1.54) is 0 Å². The summed E-state index contributed by atoms with van der Waals surface area (Å²) in [7, 11) is 0. The van der Waals surface area contributed by atoms with Gasteiger partial charge >= 0.3 is 0 Å². The molecule has 0 aliphatic carbocycles. The van der Waals surface area contributed by atoms with Gasteiger partial charge in [0.05, 0.1) is 0 Å². The molecule has 0 heterocycles. The first-order valence-corrected chi connectivity index (χ1v) is 4.81. The smallest absolute Gasteiger partial charge is 0.242 e. The molecule has 0 radical (unpaired) electrons. The number of nitrogens with zero attached hydrogens (tertiary/aromatic N) is 1. The van der Waals surface area contributed by atoms with Crippen molar-refractivity contribution >= 4 is 11.9 Å². The fraction of sp³-hybridized carbons (Fsp3) is 0.600. The zero-order chi connectivity index (χ0) is 11.9. The van der Waals surface area contributed by atoms with Crippen LogP contribution in [0.1, 0.15) is 20.8 Å². The van der Waals surface area contributed by atoms with E-state index in [1.807, 2.05) is 20.8 Å². The standard InChI is InChI=1S/C10H20N4O/c1-5-6-12-8(15)7-13-9(11)14-10(2,3)4/h5H,1,6-7H2,2-4H3,(H,12,15)(H3,11,13,14). The van der Waals surface area contributed by atoms with Crippen LogP contribution in [0.5, 0.6) is 0 Å². The second-order valence-corrected chi connectivity index (χ2v) is 4.17. The second kappa shape index (κ2) is 6.06. The van der Waals surface area contributed by atoms with Gasteiger partial charge in [-0.2, -0.15) is 0 Å². The molecule has 0 unspecified atom stereocenters. The Morgan fingerprint density at radius 2 is 2.13 bits per heavy atom. The molecule has 0 atom stereocenters. The van der Waals surface area contributed by atoms with Crippen LogP contribution in [-0.2, 0) is 4.79 Å². The van der Waals surface area contributed by atoms with Gasteiger partial charge in [0.2, 0.25) is 5.91 Å². The Labute approximate surface area is 90.8 Å². The molecule has 0 fully saturated rings. The van der Waals surface area contributed by atoms with Crippen LogP contribution in [0, 0.1) is 0 Å². The molecule has 0 rings (SSSR count). The van der Waals surface area contributed by atoms with E-state index >= 15 is 0 Å². The quantitative estimate of drug-likeness (QED) is 0.348. The van der Waals surface area contributed by atoms with E-state index in [1.54, 1.807) is 6.08 Å². The van der Waals surface area contributed by atoms with Crippen LogP contribution in [-0.4, -0.2) is 30.5 Å². The van der Waals surface area contributed by atoms with Crippen LogP contribution in [0.3, 0.4) is 0 Å². The molecule has 4 N–H and O–H groups in total. The molecule has 0 bridgehead atoms. The lowest BCUT2D eigenvalue weighted by molar-refractivity contribution is -0.119. The zero-order valence-electron chi connectivity index (χ0n) is 9.63. The van der Waals surface area contributed by atoms with Gasteiger partial charge in [-0.3, -0.25) is 4.79 Å². The highest BCUT2D eigenvalue weighted by Crippen LogP contribution is 1.96. The Bertz CT molecular complexity index is 253. The maximum Gasteiger partial charge on any atom is 0.242 e. The fourth-order valence-electron chi connectivity index (χ4n) is 0.823. The number of nitrogens with two attached hydrogens (primary N) is 1. The lowest BCUT2D eigenvalue weighted by atomic mass is 10.1. The van der Waals surface area contributed by atoms with E-state index in [4.69, 9.17) is 5.73 Å². The highest BCUT2D eigenvalue weighted by atomic mass is 16.1. The van der Waals surface area contributed by atoms with Crippen molar-refractivity contribution in [2.45, 2.75) is 26.3 Å². The molecular formula is C10H20N4O. The Balaban J connectivity index is 3.94. The molecule has 15 heavy (non-hydrogen) atoms. The summed E-state index contributed by atoms with van der Waals surface area (Å²) in [6.07, 6.45) is 1.61. The van der Waals surface area contributed by atoms with Crippen LogP contribution < -0.4 is 16.4 Å². The monoisotopic (exact) mass is 212 g/mol. The summed E-state index contributed by atoms with van der Waals surface area (Å²) in [5, 5.41) is 5.56. The first-order valence-electron chi connectivity index (χ1n) is 4.81. The highest BCUT2D eigenvalue weighted by Gasteiger charge is 2.09. The van der Waals surface area contributed by atoms with Crippen molar-refractivity contribution in [3.05, 3.63) is 12.7 Å². The molecule has 5 nitrogen and oxygen atoms in total. The molecule has 0 aromatic heterocycles. The number of guanidine groups is 1.